The largest absolute Gasteiger partial charge is 0.508 e. The molecule has 3 rings (SSSR count). The molecule has 2 heteroatoms. The number of rotatable bonds is 0. The summed E-state index contributed by atoms with van der Waals surface area (Å²) in [6.45, 7) is 0. The van der Waals surface area contributed by atoms with E-state index in [1.54, 1.807) is 6.07 Å². The van der Waals surface area contributed by atoms with Gasteiger partial charge in [0.25, 0.3) is 0 Å². The van der Waals surface area contributed by atoms with Crippen LogP contribution in [0.5, 0.6) is 5.75 Å². The van der Waals surface area contributed by atoms with E-state index in [0.717, 1.165) is 6.42 Å². The summed E-state index contributed by atoms with van der Waals surface area (Å²) in [5, 5.41) is 9.38. The summed E-state index contributed by atoms with van der Waals surface area (Å²) in [4.78, 5) is 0. The predicted molar refractivity (Wildman–Crippen MR) is 56.3 cm³/mol. The minimum atomic E-state index is 0. The molecule has 72 valence electrons. The van der Waals surface area contributed by atoms with Crippen LogP contribution in [0.3, 0.4) is 0 Å². The zero-order valence-electron chi connectivity index (χ0n) is 8.20. The average molecular weight is 230 g/mol. The first-order chi connectivity index (χ1) is 6.84. The van der Waals surface area contributed by atoms with Gasteiger partial charge in [-0.3, -0.25) is 0 Å². The molecule has 0 unspecified atom stereocenters. The van der Waals surface area contributed by atoms with Crippen LogP contribution in [0.25, 0.3) is 11.1 Å². The zero-order chi connectivity index (χ0) is 9.54. The Morgan fingerprint density at radius 2 is 1.60 bits per heavy atom. The van der Waals surface area contributed by atoms with Gasteiger partial charge in [0.2, 0.25) is 0 Å². The van der Waals surface area contributed by atoms with Crippen molar-refractivity contribution in [1.82, 2.24) is 0 Å². The standard InChI is InChI=1S/C13H10O.Ti/c14-11-5-6-13-10(8-11)7-9-3-1-2-4-12(9)13;/h1-6,8,14H,7H2;. The second-order valence-corrected chi connectivity index (χ2v) is 3.68. The van der Waals surface area contributed by atoms with Crippen LogP contribution in [0, 0.1) is 0 Å². The quantitative estimate of drug-likeness (QED) is 0.588. The van der Waals surface area contributed by atoms with Gasteiger partial charge in [-0.05, 0) is 40.8 Å². The molecule has 0 fully saturated rings. The molecule has 1 aliphatic rings. The maximum Gasteiger partial charge on any atom is 0.115 e. The zero-order valence-corrected chi connectivity index (χ0v) is 9.76. The molecule has 0 bridgehead atoms. The molecular formula is C13H10OTi. The third-order valence-electron chi connectivity index (χ3n) is 2.78. The molecule has 1 nitrogen and oxygen atoms in total. The summed E-state index contributed by atoms with van der Waals surface area (Å²) in [7, 11) is 0. The Labute approximate surface area is 104 Å². The Bertz CT molecular complexity index is 506. The second kappa shape index (κ2) is 3.84. The Kier molecular flexibility index (Phi) is 2.68. The van der Waals surface area contributed by atoms with Gasteiger partial charge in [0, 0.05) is 21.7 Å². The summed E-state index contributed by atoms with van der Waals surface area (Å²) in [5.74, 6) is 0.358. The summed E-state index contributed by atoms with van der Waals surface area (Å²) in [6, 6.07) is 14.0. The molecule has 2 aromatic carbocycles. The molecule has 15 heavy (non-hydrogen) atoms. The SMILES string of the molecule is Oc1ccc2c(c1)Cc1ccccc1-2.[Ti]. The van der Waals surface area contributed by atoms with Crippen LogP contribution in [-0.4, -0.2) is 5.11 Å². The van der Waals surface area contributed by atoms with E-state index in [0.29, 0.717) is 5.75 Å². The molecule has 2 aromatic rings. The molecule has 1 aliphatic carbocycles. The summed E-state index contributed by atoms with van der Waals surface area (Å²) in [6.07, 6.45) is 0.944. The van der Waals surface area contributed by atoms with Gasteiger partial charge in [0.05, 0.1) is 0 Å². The predicted octanol–water partition coefficient (Wildman–Crippen LogP) is 2.96. The van der Waals surface area contributed by atoms with Crippen molar-refractivity contribution in [3.05, 3.63) is 53.6 Å². The number of phenolic OH excluding ortho intramolecular Hbond substituents is 1. The van der Waals surface area contributed by atoms with Crippen molar-refractivity contribution < 1.29 is 26.8 Å². The van der Waals surface area contributed by atoms with Crippen molar-refractivity contribution in [1.29, 1.82) is 0 Å². The Morgan fingerprint density at radius 1 is 0.867 bits per heavy atom. The van der Waals surface area contributed by atoms with Gasteiger partial charge in [-0.1, -0.05) is 30.3 Å². The van der Waals surface area contributed by atoms with Crippen molar-refractivity contribution in [2.75, 3.05) is 0 Å². The van der Waals surface area contributed by atoms with Crippen molar-refractivity contribution in [3.8, 4) is 16.9 Å². The first-order valence-electron chi connectivity index (χ1n) is 4.75. The number of aromatic hydroxyl groups is 1. The van der Waals surface area contributed by atoms with Gasteiger partial charge in [-0.25, -0.2) is 0 Å². The molecule has 1 N–H and O–H groups in total. The van der Waals surface area contributed by atoms with Crippen molar-refractivity contribution in [3.63, 3.8) is 0 Å². The molecule has 0 aromatic heterocycles. The van der Waals surface area contributed by atoms with Crippen LogP contribution in [0.4, 0.5) is 0 Å². The van der Waals surface area contributed by atoms with Crippen molar-refractivity contribution in [2.45, 2.75) is 6.42 Å². The van der Waals surface area contributed by atoms with Gasteiger partial charge < -0.3 is 5.11 Å². The third kappa shape index (κ3) is 1.62. The van der Waals surface area contributed by atoms with Crippen LogP contribution in [0.2, 0.25) is 0 Å². The summed E-state index contributed by atoms with van der Waals surface area (Å²) >= 11 is 0. The molecule has 0 amide bonds. The third-order valence-corrected chi connectivity index (χ3v) is 2.78. The molecule has 0 atom stereocenters. The van der Waals surface area contributed by atoms with Gasteiger partial charge in [-0.2, -0.15) is 0 Å². The first-order valence-corrected chi connectivity index (χ1v) is 4.75. The molecule has 0 saturated carbocycles. The van der Waals surface area contributed by atoms with Crippen LogP contribution < -0.4 is 0 Å². The van der Waals surface area contributed by atoms with Gasteiger partial charge >= 0.3 is 0 Å². The normalized spacial score (nSPS) is 11.5. The van der Waals surface area contributed by atoms with Crippen LogP contribution >= 0.6 is 0 Å². The van der Waals surface area contributed by atoms with E-state index in [4.69, 9.17) is 0 Å². The number of phenols is 1. The smallest absolute Gasteiger partial charge is 0.115 e. The fourth-order valence-corrected chi connectivity index (χ4v) is 2.13. The van der Waals surface area contributed by atoms with E-state index in [2.05, 4.69) is 24.3 Å². The molecule has 0 saturated heterocycles. The topological polar surface area (TPSA) is 20.2 Å². The Morgan fingerprint density at radius 3 is 2.47 bits per heavy atom. The van der Waals surface area contributed by atoms with Crippen molar-refractivity contribution >= 4 is 0 Å². The number of hydrogen-bond donors (Lipinski definition) is 1. The number of fused-ring (bicyclic) bond motifs is 3. The van der Waals surface area contributed by atoms with Gasteiger partial charge in [0.15, 0.2) is 0 Å². The molecule has 0 radical (unpaired) electrons. The van der Waals surface area contributed by atoms with Crippen LogP contribution in [0.1, 0.15) is 11.1 Å². The van der Waals surface area contributed by atoms with E-state index in [1.165, 1.54) is 22.3 Å². The van der Waals surface area contributed by atoms with Crippen LogP contribution in [-0.2, 0) is 28.1 Å². The summed E-state index contributed by atoms with van der Waals surface area (Å²) < 4.78 is 0. The second-order valence-electron chi connectivity index (χ2n) is 3.68. The Hall–Kier alpha value is -1.05. The van der Waals surface area contributed by atoms with E-state index < -0.39 is 0 Å². The molecule has 0 heterocycles. The van der Waals surface area contributed by atoms with Crippen molar-refractivity contribution in [2.24, 2.45) is 0 Å². The fourth-order valence-electron chi connectivity index (χ4n) is 2.13. The van der Waals surface area contributed by atoms with Crippen LogP contribution in [0.15, 0.2) is 42.5 Å². The molecular weight excluding hydrogens is 220 g/mol. The average Bonchev–Trinajstić information content (AvgIpc) is 2.54. The first kappa shape index (κ1) is 10.5. The van der Waals surface area contributed by atoms with Gasteiger partial charge in [-0.15, -0.1) is 0 Å². The minimum Gasteiger partial charge on any atom is -0.508 e. The van der Waals surface area contributed by atoms with E-state index in [9.17, 15) is 5.11 Å². The maximum atomic E-state index is 9.38. The molecule has 0 aliphatic heterocycles. The fraction of sp³-hybridized carbons (Fsp3) is 0.0769. The van der Waals surface area contributed by atoms with E-state index in [-0.39, 0.29) is 21.7 Å². The minimum absolute atomic E-state index is 0. The summed E-state index contributed by atoms with van der Waals surface area (Å²) in [5.41, 5.74) is 5.15. The monoisotopic (exact) mass is 230 g/mol. The Balaban J connectivity index is 0.000000853. The van der Waals surface area contributed by atoms with Gasteiger partial charge in [0.1, 0.15) is 5.75 Å². The number of hydrogen-bond acceptors (Lipinski definition) is 1. The maximum absolute atomic E-state index is 9.38. The number of benzene rings is 2. The van der Waals surface area contributed by atoms with E-state index in [1.807, 2.05) is 12.1 Å². The van der Waals surface area contributed by atoms with E-state index >= 15 is 0 Å². The molecule has 0 spiro atoms.